The standard InChI is InChI=1S/C14H19ClN2OS/c1-10-4-6-17(7-5-10)14(18)9-19-13-8-11(16)2-3-12(13)15/h2-3,8,10H,4-7,9,16H2,1H3. The Morgan fingerprint density at radius 2 is 2.16 bits per heavy atom. The zero-order chi connectivity index (χ0) is 13.8. The fourth-order valence-corrected chi connectivity index (χ4v) is 3.29. The Bertz CT molecular complexity index is 459. The van der Waals surface area contributed by atoms with Gasteiger partial charge in [0.15, 0.2) is 0 Å². The number of amides is 1. The Morgan fingerprint density at radius 1 is 1.47 bits per heavy atom. The van der Waals surface area contributed by atoms with E-state index in [1.54, 1.807) is 12.1 Å². The van der Waals surface area contributed by atoms with E-state index < -0.39 is 0 Å². The van der Waals surface area contributed by atoms with Crippen molar-refractivity contribution in [2.75, 3.05) is 24.6 Å². The average Bonchev–Trinajstić information content (AvgIpc) is 2.40. The molecular formula is C14H19ClN2OS. The Morgan fingerprint density at radius 3 is 2.84 bits per heavy atom. The van der Waals surface area contributed by atoms with Crippen LogP contribution in [0.15, 0.2) is 23.1 Å². The van der Waals surface area contributed by atoms with E-state index in [0.29, 0.717) is 16.5 Å². The summed E-state index contributed by atoms with van der Waals surface area (Å²) in [6.45, 7) is 4.00. The quantitative estimate of drug-likeness (QED) is 0.688. The maximum Gasteiger partial charge on any atom is 0.232 e. The molecule has 0 radical (unpaired) electrons. The molecule has 0 aliphatic carbocycles. The van der Waals surface area contributed by atoms with E-state index in [9.17, 15) is 4.79 Å². The average molecular weight is 299 g/mol. The molecule has 0 saturated carbocycles. The van der Waals surface area contributed by atoms with Crippen molar-refractivity contribution in [1.82, 2.24) is 4.90 Å². The van der Waals surface area contributed by atoms with E-state index in [1.165, 1.54) is 11.8 Å². The Hall–Kier alpha value is -0.870. The van der Waals surface area contributed by atoms with E-state index in [4.69, 9.17) is 17.3 Å². The first-order chi connectivity index (χ1) is 9.06. The summed E-state index contributed by atoms with van der Waals surface area (Å²) in [5, 5.41) is 0.652. The highest BCUT2D eigenvalue weighted by molar-refractivity contribution is 8.00. The molecule has 1 aromatic rings. The molecule has 1 saturated heterocycles. The number of rotatable bonds is 3. The lowest BCUT2D eigenvalue weighted by Gasteiger charge is -2.30. The number of anilines is 1. The highest BCUT2D eigenvalue weighted by Crippen LogP contribution is 2.29. The lowest BCUT2D eigenvalue weighted by atomic mass is 9.99. The highest BCUT2D eigenvalue weighted by atomic mass is 35.5. The van der Waals surface area contributed by atoms with Gasteiger partial charge in [-0.05, 0) is 37.0 Å². The van der Waals surface area contributed by atoms with Crippen LogP contribution in [0.5, 0.6) is 0 Å². The van der Waals surface area contributed by atoms with E-state index in [0.717, 1.165) is 36.7 Å². The lowest BCUT2D eigenvalue weighted by molar-refractivity contribution is -0.129. The van der Waals surface area contributed by atoms with Gasteiger partial charge >= 0.3 is 0 Å². The predicted molar refractivity (Wildman–Crippen MR) is 81.6 cm³/mol. The number of nitrogens with two attached hydrogens (primary N) is 1. The minimum atomic E-state index is 0.190. The summed E-state index contributed by atoms with van der Waals surface area (Å²) in [4.78, 5) is 14.9. The van der Waals surface area contributed by atoms with Crippen molar-refractivity contribution in [3.8, 4) is 0 Å². The van der Waals surface area contributed by atoms with Crippen molar-refractivity contribution >= 4 is 35.0 Å². The first kappa shape index (κ1) is 14.5. The van der Waals surface area contributed by atoms with Crippen molar-refractivity contribution in [2.24, 2.45) is 5.92 Å². The van der Waals surface area contributed by atoms with Crippen LogP contribution in [0.25, 0.3) is 0 Å². The van der Waals surface area contributed by atoms with Gasteiger partial charge in [0.05, 0.1) is 10.8 Å². The number of piperidine rings is 1. The molecule has 0 aromatic heterocycles. The minimum absolute atomic E-state index is 0.190. The number of halogens is 1. The summed E-state index contributed by atoms with van der Waals surface area (Å²) in [5.41, 5.74) is 6.40. The zero-order valence-electron chi connectivity index (χ0n) is 11.1. The van der Waals surface area contributed by atoms with E-state index in [1.807, 2.05) is 11.0 Å². The Kier molecular flexibility index (Phi) is 4.99. The summed E-state index contributed by atoms with van der Waals surface area (Å²) < 4.78 is 0. The maximum absolute atomic E-state index is 12.1. The summed E-state index contributed by atoms with van der Waals surface area (Å²) in [7, 11) is 0. The molecule has 2 rings (SSSR count). The van der Waals surface area contributed by atoms with Gasteiger partial charge in [0, 0.05) is 23.7 Å². The van der Waals surface area contributed by atoms with Gasteiger partial charge in [0.25, 0.3) is 0 Å². The molecule has 1 fully saturated rings. The number of benzene rings is 1. The smallest absolute Gasteiger partial charge is 0.232 e. The number of nitrogen functional groups attached to an aromatic ring is 1. The zero-order valence-corrected chi connectivity index (χ0v) is 12.6. The molecule has 1 heterocycles. The summed E-state index contributed by atoms with van der Waals surface area (Å²) >= 11 is 7.54. The monoisotopic (exact) mass is 298 g/mol. The summed E-state index contributed by atoms with van der Waals surface area (Å²) in [6, 6.07) is 5.35. The third-order valence-electron chi connectivity index (χ3n) is 3.44. The van der Waals surface area contributed by atoms with Crippen molar-refractivity contribution in [1.29, 1.82) is 0 Å². The first-order valence-corrected chi connectivity index (χ1v) is 7.88. The van der Waals surface area contributed by atoms with Crippen molar-refractivity contribution in [3.63, 3.8) is 0 Å². The van der Waals surface area contributed by atoms with Crippen molar-refractivity contribution in [2.45, 2.75) is 24.7 Å². The van der Waals surface area contributed by atoms with Crippen LogP contribution in [-0.2, 0) is 4.79 Å². The van der Waals surface area contributed by atoms with Gasteiger partial charge in [0.1, 0.15) is 0 Å². The van der Waals surface area contributed by atoms with Crippen LogP contribution in [-0.4, -0.2) is 29.6 Å². The third kappa shape index (κ3) is 4.05. The predicted octanol–water partition coefficient (Wildman–Crippen LogP) is 3.27. The van der Waals surface area contributed by atoms with Crippen LogP contribution >= 0.6 is 23.4 Å². The number of carbonyl (C=O) groups excluding carboxylic acids is 1. The van der Waals surface area contributed by atoms with Gasteiger partial charge in [-0.3, -0.25) is 4.79 Å². The highest BCUT2D eigenvalue weighted by Gasteiger charge is 2.20. The molecule has 1 aliphatic rings. The second-order valence-corrected chi connectivity index (χ2v) is 6.47. The first-order valence-electron chi connectivity index (χ1n) is 6.52. The molecular weight excluding hydrogens is 280 g/mol. The van der Waals surface area contributed by atoms with Crippen LogP contribution in [0.1, 0.15) is 19.8 Å². The largest absolute Gasteiger partial charge is 0.399 e. The number of carbonyl (C=O) groups is 1. The fourth-order valence-electron chi connectivity index (χ4n) is 2.12. The molecule has 19 heavy (non-hydrogen) atoms. The second-order valence-electron chi connectivity index (χ2n) is 5.04. The normalized spacial score (nSPS) is 16.6. The molecule has 0 atom stereocenters. The molecule has 2 N–H and O–H groups in total. The van der Waals surface area contributed by atoms with Gasteiger partial charge in [-0.2, -0.15) is 0 Å². The number of hydrogen-bond donors (Lipinski definition) is 1. The van der Waals surface area contributed by atoms with E-state index >= 15 is 0 Å². The van der Waals surface area contributed by atoms with Gasteiger partial charge < -0.3 is 10.6 Å². The second kappa shape index (κ2) is 6.53. The lowest BCUT2D eigenvalue weighted by Crippen LogP contribution is -2.38. The Labute approximate surface area is 123 Å². The van der Waals surface area contributed by atoms with E-state index in [-0.39, 0.29) is 5.91 Å². The molecule has 0 unspecified atom stereocenters. The van der Waals surface area contributed by atoms with Crippen LogP contribution in [0.2, 0.25) is 5.02 Å². The van der Waals surface area contributed by atoms with Crippen LogP contribution in [0.4, 0.5) is 5.69 Å². The van der Waals surface area contributed by atoms with Gasteiger partial charge in [-0.25, -0.2) is 0 Å². The van der Waals surface area contributed by atoms with Crippen molar-refractivity contribution in [3.05, 3.63) is 23.2 Å². The van der Waals surface area contributed by atoms with Gasteiger partial charge in [0.2, 0.25) is 5.91 Å². The number of nitrogens with zero attached hydrogens (tertiary/aromatic N) is 1. The third-order valence-corrected chi connectivity index (χ3v) is 4.92. The summed E-state index contributed by atoms with van der Waals surface area (Å²) in [6.07, 6.45) is 2.21. The molecule has 0 bridgehead atoms. The molecule has 1 aromatic carbocycles. The number of hydrogen-bond acceptors (Lipinski definition) is 3. The number of thioether (sulfide) groups is 1. The Balaban J connectivity index is 1.88. The fraction of sp³-hybridized carbons (Fsp3) is 0.500. The van der Waals surface area contributed by atoms with Gasteiger partial charge in [-0.1, -0.05) is 18.5 Å². The van der Waals surface area contributed by atoms with Crippen LogP contribution in [0.3, 0.4) is 0 Å². The molecule has 1 aliphatic heterocycles. The maximum atomic E-state index is 12.1. The molecule has 3 nitrogen and oxygen atoms in total. The van der Waals surface area contributed by atoms with Crippen LogP contribution in [0, 0.1) is 5.92 Å². The minimum Gasteiger partial charge on any atom is -0.399 e. The molecule has 104 valence electrons. The number of likely N-dealkylation sites (tertiary alicyclic amines) is 1. The van der Waals surface area contributed by atoms with Crippen LogP contribution < -0.4 is 5.73 Å². The molecule has 1 amide bonds. The molecule has 5 heteroatoms. The SMILES string of the molecule is CC1CCN(C(=O)CSc2cc(N)ccc2Cl)CC1. The van der Waals surface area contributed by atoms with Gasteiger partial charge in [-0.15, -0.1) is 11.8 Å². The molecule has 0 spiro atoms. The van der Waals surface area contributed by atoms with E-state index in [2.05, 4.69) is 6.92 Å². The summed E-state index contributed by atoms with van der Waals surface area (Å²) in [5.74, 6) is 1.35. The van der Waals surface area contributed by atoms with Crippen molar-refractivity contribution < 1.29 is 4.79 Å². The topological polar surface area (TPSA) is 46.3 Å².